The van der Waals surface area contributed by atoms with E-state index in [1.165, 1.54) is 4.90 Å². The molecule has 0 aromatic rings. The van der Waals surface area contributed by atoms with E-state index in [2.05, 4.69) is 4.72 Å². The lowest BCUT2D eigenvalue weighted by Gasteiger charge is -2.42. The van der Waals surface area contributed by atoms with Crippen molar-refractivity contribution in [3.8, 4) is 0 Å². The van der Waals surface area contributed by atoms with Crippen molar-refractivity contribution in [1.29, 1.82) is 0 Å². The average molecular weight is 332 g/mol. The van der Waals surface area contributed by atoms with Crippen molar-refractivity contribution < 1.29 is 19.2 Å². The number of hydrogen-bond acceptors (Lipinski definition) is 4. The largest absolute Gasteiger partial charge is 0.598 e. The van der Waals surface area contributed by atoms with Gasteiger partial charge in [-0.2, -0.15) is 0 Å². The molecular weight excluding hydrogens is 304 g/mol. The van der Waals surface area contributed by atoms with Crippen molar-refractivity contribution in [1.82, 2.24) is 9.62 Å². The molecule has 6 nitrogen and oxygen atoms in total. The van der Waals surface area contributed by atoms with Gasteiger partial charge in [0, 0.05) is 31.6 Å². The Morgan fingerprint density at radius 2 is 2.00 bits per heavy atom. The lowest BCUT2D eigenvalue weighted by atomic mass is 9.74. The van der Waals surface area contributed by atoms with Gasteiger partial charge in [0.2, 0.25) is 0 Å². The molecule has 1 saturated heterocycles. The predicted octanol–water partition coefficient (Wildman–Crippen LogP) is 1.98. The molecule has 2 fully saturated rings. The van der Waals surface area contributed by atoms with Gasteiger partial charge in [-0.1, -0.05) is 0 Å². The Hall–Kier alpha value is -0.500. The van der Waals surface area contributed by atoms with Gasteiger partial charge in [-0.05, 0) is 51.9 Å². The summed E-state index contributed by atoms with van der Waals surface area (Å²) < 4.78 is 21.0. The molecule has 7 heteroatoms. The summed E-state index contributed by atoms with van der Waals surface area (Å²) >= 11 is -1.12. The molecule has 3 atom stereocenters. The van der Waals surface area contributed by atoms with Gasteiger partial charge in [0.05, 0.1) is 12.1 Å². The Morgan fingerprint density at radius 3 is 2.45 bits per heavy atom. The van der Waals surface area contributed by atoms with E-state index < -0.39 is 17.5 Å². The van der Waals surface area contributed by atoms with Crippen LogP contribution in [0.2, 0.25) is 0 Å². The number of methoxy groups -OCH3 is 1. The van der Waals surface area contributed by atoms with Crippen LogP contribution in [0.25, 0.3) is 0 Å². The van der Waals surface area contributed by atoms with Crippen molar-refractivity contribution in [2.75, 3.05) is 20.2 Å². The number of piperidine rings is 1. The molecule has 1 aliphatic carbocycles. The van der Waals surface area contributed by atoms with Crippen molar-refractivity contribution in [2.45, 2.75) is 63.3 Å². The molecule has 1 amide bonds. The van der Waals surface area contributed by atoms with Crippen LogP contribution in [0, 0.1) is 5.41 Å². The fraction of sp³-hybridized carbons (Fsp3) is 0.933. The van der Waals surface area contributed by atoms with E-state index in [4.69, 9.17) is 9.84 Å². The molecule has 0 radical (unpaired) electrons. The molecule has 1 spiro atoms. The van der Waals surface area contributed by atoms with Crippen molar-refractivity contribution in [2.24, 2.45) is 5.41 Å². The van der Waals surface area contributed by atoms with Crippen LogP contribution in [0.4, 0.5) is 4.79 Å². The number of likely N-dealkylation sites (tertiary alicyclic amines) is 1. The molecule has 22 heavy (non-hydrogen) atoms. The first-order chi connectivity index (χ1) is 10.2. The molecule has 2 N–H and O–H groups in total. The lowest BCUT2D eigenvalue weighted by Crippen LogP contribution is -2.53. The van der Waals surface area contributed by atoms with Gasteiger partial charge in [-0.15, -0.1) is 4.72 Å². The standard InChI is InChI=1S/C15H28N2O4S/c1-14(2,3)22(20)16-12-9-11(21-4)10-15(12)5-7-17(8-6-15)13(18)19/h11-12,16H,5-10H2,1-4H3,(H,18,19). The van der Waals surface area contributed by atoms with Gasteiger partial charge in [0.25, 0.3) is 0 Å². The summed E-state index contributed by atoms with van der Waals surface area (Å²) in [5.74, 6) is 0. The normalized spacial score (nSPS) is 29.8. The Bertz CT molecular complexity index is 405. The molecule has 1 saturated carbocycles. The van der Waals surface area contributed by atoms with Crippen LogP contribution >= 0.6 is 0 Å². The molecule has 2 rings (SSSR count). The third-order valence-corrected chi connectivity index (χ3v) is 6.65. The Balaban J connectivity index is 2.08. The summed E-state index contributed by atoms with van der Waals surface area (Å²) in [4.78, 5) is 12.6. The highest BCUT2D eigenvalue weighted by molar-refractivity contribution is 7.90. The van der Waals surface area contributed by atoms with Crippen LogP contribution in [0.5, 0.6) is 0 Å². The molecule has 128 valence electrons. The van der Waals surface area contributed by atoms with E-state index in [9.17, 15) is 9.35 Å². The molecule has 0 bridgehead atoms. The second-order valence-electron chi connectivity index (χ2n) is 7.48. The van der Waals surface area contributed by atoms with Crippen LogP contribution in [0.1, 0.15) is 46.5 Å². The first-order valence-corrected chi connectivity index (χ1v) is 9.02. The Labute approximate surface area is 135 Å². The van der Waals surface area contributed by atoms with Gasteiger partial charge in [-0.3, -0.25) is 0 Å². The van der Waals surface area contributed by atoms with E-state index >= 15 is 0 Å². The fourth-order valence-electron chi connectivity index (χ4n) is 3.55. The zero-order chi connectivity index (χ0) is 16.5. The van der Waals surface area contributed by atoms with E-state index in [1.807, 2.05) is 20.8 Å². The molecule has 0 aromatic heterocycles. The lowest BCUT2D eigenvalue weighted by molar-refractivity contribution is 0.0603. The summed E-state index contributed by atoms with van der Waals surface area (Å²) in [6, 6.07) is 0.119. The van der Waals surface area contributed by atoms with Gasteiger partial charge >= 0.3 is 6.09 Å². The van der Waals surface area contributed by atoms with E-state index in [-0.39, 0.29) is 22.3 Å². The highest BCUT2D eigenvalue weighted by Gasteiger charge is 2.51. The first-order valence-electron chi connectivity index (χ1n) is 7.87. The summed E-state index contributed by atoms with van der Waals surface area (Å²) in [5, 5.41) is 9.12. The number of nitrogens with zero attached hydrogens (tertiary/aromatic N) is 1. The third-order valence-electron chi connectivity index (χ3n) is 5.04. The summed E-state index contributed by atoms with van der Waals surface area (Å²) in [6.07, 6.45) is 2.67. The van der Waals surface area contributed by atoms with Crippen LogP contribution in [0.3, 0.4) is 0 Å². The number of rotatable bonds is 3. The number of carboxylic acid groups (broad SMARTS) is 1. The van der Waals surface area contributed by atoms with E-state index in [0.29, 0.717) is 13.1 Å². The number of nitrogens with one attached hydrogen (secondary N) is 1. The minimum absolute atomic E-state index is 0.00641. The Kier molecular flexibility index (Phi) is 5.31. The quantitative estimate of drug-likeness (QED) is 0.772. The predicted molar refractivity (Wildman–Crippen MR) is 86.1 cm³/mol. The highest BCUT2D eigenvalue weighted by atomic mass is 32.2. The molecule has 0 aromatic carbocycles. The molecular formula is C15H28N2O4S. The molecule has 1 heterocycles. The number of ether oxygens (including phenoxy) is 1. The van der Waals surface area contributed by atoms with E-state index in [1.54, 1.807) is 7.11 Å². The third kappa shape index (κ3) is 3.69. The fourth-order valence-corrected chi connectivity index (χ4v) is 4.50. The van der Waals surface area contributed by atoms with Gasteiger partial charge in [-0.25, -0.2) is 4.79 Å². The first kappa shape index (κ1) is 17.8. The zero-order valence-electron chi connectivity index (χ0n) is 13.9. The summed E-state index contributed by atoms with van der Waals surface area (Å²) in [6.45, 7) is 6.97. The van der Waals surface area contributed by atoms with Crippen molar-refractivity contribution in [3.05, 3.63) is 0 Å². The van der Waals surface area contributed by atoms with Gasteiger partial charge in [0.15, 0.2) is 0 Å². The minimum atomic E-state index is -1.12. The monoisotopic (exact) mass is 332 g/mol. The Morgan fingerprint density at radius 1 is 1.41 bits per heavy atom. The average Bonchev–Trinajstić information content (AvgIpc) is 2.76. The van der Waals surface area contributed by atoms with E-state index in [0.717, 1.165) is 25.7 Å². The summed E-state index contributed by atoms with van der Waals surface area (Å²) in [7, 11) is 1.72. The second-order valence-corrected chi connectivity index (χ2v) is 9.48. The number of hydrogen-bond donors (Lipinski definition) is 2. The molecule has 3 unspecified atom stereocenters. The van der Waals surface area contributed by atoms with Crippen LogP contribution in [-0.2, 0) is 16.1 Å². The summed E-state index contributed by atoms with van der Waals surface area (Å²) in [5.41, 5.74) is -0.00641. The topological polar surface area (TPSA) is 84.9 Å². The maximum absolute atomic E-state index is 12.5. The molecule has 2 aliphatic rings. The smallest absolute Gasteiger partial charge is 0.407 e. The van der Waals surface area contributed by atoms with Crippen molar-refractivity contribution >= 4 is 17.5 Å². The second kappa shape index (κ2) is 6.55. The highest BCUT2D eigenvalue weighted by Crippen LogP contribution is 2.47. The molecule has 1 aliphatic heterocycles. The number of carbonyl (C=O) groups is 1. The van der Waals surface area contributed by atoms with Gasteiger partial charge < -0.3 is 19.3 Å². The SMILES string of the molecule is COC1CC(N[S+]([O-])C(C)(C)C)C2(CCN(C(=O)O)CC2)C1. The minimum Gasteiger partial charge on any atom is -0.598 e. The number of amides is 1. The van der Waals surface area contributed by atoms with Crippen LogP contribution < -0.4 is 4.72 Å². The zero-order valence-corrected chi connectivity index (χ0v) is 14.7. The maximum atomic E-state index is 12.5. The van der Waals surface area contributed by atoms with Crippen molar-refractivity contribution in [3.63, 3.8) is 0 Å². The maximum Gasteiger partial charge on any atom is 0.407 e. The van der Waals surface area contributed by atoms with Crippen LogP contribution in [-0.4, -0.2) is 57.7 Å². The van der Waals surface area contributed by atoms with Gasteiger partial charge in [0.1, 0.15) is 4.75 Å². The van der Waals surface area contributed by atoms with Crippen LogP contribution in [0.15, 0.2) is 0 Å².